The molecule has 1 amide bonds. The van der Waals surface area contributed by atoms with Gasteiger partial charge in [0.05, 0.1) is 10.6 Å². The van der Waals surface area contributed by atoms with E-state index >= 15 is 0 Å². The quantitative estimate of drug-likeness (QED) is 0.882. The third-order valence-corrected chi connectivity index (χ3v) is 2.77. The van der Waals surface area contributed by atoms with Gasteiger partial charge in [-0.1, -0.05) is 35.9 Å². The Labute approximate surface area is 143 Å². The zero-order valence-electron chi connectivity index (χ0n) is 9.19. The van der Waals surface area contributed by atoms with E-state index in [4.69, 9.17) is 23.5 Å². The second kappa shape index (κ2) is 7.78. The van der Waals surface area contributed by atoms with Crippen LogP contribution in [-0.4, -0.2) is 35.5 Å². The Bertz CT molecular complexity index is 564. The first kappa shape index (κ1) is 16.3. The number of hydrogen-bond donors (Lipinski definition) is 1. The van der Waals surface area contributed by atoms with E-state index in [9.17, 15) is 4.79 Å². The molecule has 0 unspecified atom stereocenters. The summed E-state index contributed by atoms with van der Waals surface area (Å²) >= 11 is 11.2. The van der Waals surface area contributed by atoms with Crippen molar-refractivity contribution in [3.63, 3.8) is 0 Å². The molecule has 6 heteroatoms. The summed E-state index contributed by atoms with van der Waals surface area (Å²) in [4.78, 5) is 12.0. The van der Waals surface area contributed by atoms with Gasteiger partial charge < -0.3 is 9.61 Å². The van der Waals surface area contributed by atoms with Crippen LogP contribution in [0, 0.1) is 0 Å². The zero-order chi connectivity index (χ0) is 13.0. The van der Waals surface area contributed by atoms with Crippen LogP contribution < -0.4 is 9.61 Å². The van der Waals surface area contributed by atoms with Crippen LogP contribution in [-0.2, 0) is 0 Å². The van der Waals surface area contributed by atoms with Crippen LogP contribution in [0.5, 0.6) is 5.75 Å². The molecule has 0 fully saturated rings. The van der Waals surface area contributed by atoms with E-state index in [1.54, 1.807) is 30.3 Å². The minimum absolute atomic E-state index is 0. The Morgan fingerprint density at radius 1 is 1.05 bits per heavy atom. The van der Waals surface area contributed by atoms with Crippen LogP contribution in [0.3, 0.4) is 0 Å². The molecule has 94 valence electrons. The number of carbonyl (C=O) groups is 1. The number of nitrogens with one attached hydrogen (secondary N) is 1. The number of amides is 1. The molecule has 2 aromatic rings. The van der Waals surface area contributed by atoms with E-state index in [0.717, 1.165) is 0 Å². The molecule has 0 aromatic heterocycles. The van der Waals surface area contributed by atoms with Crippen LogP contribution in [0.2, 0.25) is 5.02 Å². The first-order valence-corrected chi connectivity index (χ1v) is 5.84. The van der Waals surface area contributed by atoms with Gasteiger partial charge in [0.2, 0.25) is 0 Å². The molecule has 19 heavy (non-hydrogen) atoms. The normalized spacial score (nSPS) is 9.37. The molecule has 0 saturated heterocycles. The predicted octanol–water partition coefficient (Wildman–Crippen LogP) is 3.48. The van der Waals surface area contributed by atoms with Gasteiger partial charge in [-0.25, -0.2) is 0 Å². The molecule has 0 atom stereocenters. The van der Waals surface area contributed by atoms with E-state index in [1.165, 1.54) is 0 Å². The molecule has 0 aliphatic heterocycles. The molecule has 0 radical (unpaired) electrons. The topological polar surface area (TPSA) is 38.3 Å². The Kier molecular flexibility index (Phi) is 6.69. The average molecular weight is 306 g/mol. The molecule has 0 spiro atoms. The molecule has 2 rings (SSSR count). The molecule has 0 aliphatic carbocycles. The maximum atomic E-state index is 12.0. The first-order valence-electron chi connectivity index (χ1n) is 5.16. The van der Waals surface area contributed by atoms with Gasteiger partial charge in [-0.15, -0.1) is 0 Å². The monoisotopic (exact) mass is 305 g/mol. The Balaban J connectivity index is 0.00000180. The summed E-state index contributed by atoms with van der Waals surface area (Å²) in [5.41, 5.74) is 0.962. The van der Waals surface area contributed by atoms with Gasteiger partial charge in [0.15, 0.2) is 5.75 Å². The van der Waals surface area contributed by atoms with Crippen molar-refractivity contribution < 1.29 is 9.08 Å². The summed E-state index contributed by atoms with van der Waals surface area (Å²) in [6.07, 6.45) is 0. The van der Waals surface area contributed by atoms with Gasteiger partial charge in [-0.3, -0.25) is 4.79 Å². The van der Waals surface area contributed by atoms with Crippen LogP contribution in [0.1, 0.15) is 10.4 Å². The number of carbonyl (C=O) groups excluding carboxylic acids is 1. The summed E-state index contributed by atoms with van der Waals surface area (Å²) in [7, 11) is 0. The van der Waals surface area contributed by atoms with Crippen LogP contribution >= 0.6 is 23.5 Å². The number of para-hydroxylation sites is 2. The Morgan fingerprint density at radius 3 is 2.37 bits per heavy atom. The van der Waals surface area contributed by atoms with Gasteiger partial charge in [0.25, 0.3) is 5.91 Å². The molecule has 2 aromatic carbocycles. The number of hydrogen-bond acceptors (Lipinski definition) is 2. The summed E-state index contributed by atoms with van der Waals surface area (Å²) in [5.74, 6) is -0.186. The third-order valence-electron chi connectivity index (χ3n) is 2.32. The molecule has 1 N–H and O–H groups in total. The van der Waals surface area contributed by atoms with Crippen molar-refractivity contribution in [1.29, 1.82) is 0 Å². The number of halogens is 2. The molecular formula is C13H10Cl2NNaO2. The van der Waals surface area contributed by atoms with Crippen molar-refractivity contribution in [3.05, 3.63) is 59.1 Å². The van der Waals surface area contributed by atoms with Crippen LogP contribution in [0.4, 0.5) is 5.69 Å². The van der Waals surface area contributed by atoms with Crippen molar-refractivity contribution >= 4 is 64.6 Å². The average Bonchev–Trinajstić information content (AvgIpc) is 2.39. The van der Waals surface area contributed by atoms with E-state index in [2.05, 4.69) is 9.61 Å². The van der Waals surface area contributed by atoms with Crippen molar-refractivity contribution in [2.75, 3.05) is 5.32 Å². The first-order chi connectivity index (χ1) is 8.72. The SMILES string of the molecule is O=C(Nc1ccccc1)c1cccc(Cl)c1OCl.[NaH]. The number of anilines is 1. The summed E-state index contributed by atoms with van der Waals surface area (Å²) in [6, 6.07) is 13.9. The second-order valence-electron chi connectivity index (χ2n) is 3.51. The van der Waals surface area contributed by atoms with Crippen molar-refractivity contribution in [3.8, 4) is 5.75 Å². The van der Waals surface area contributed by atoms with Crippen molar-refractivity contribution in [2.45, 2.75) is 0 Å². The van der Waals surface area contributed by atoms with Gasteiger partial charge in [-0.05, 0) is 24.3 Å². The van der Waals surface area contributed by atoms with Gasteiger partial charge in [-0.2, -0.15) is 0 Å². The van der Waals surface area contributed by atoms with Gasteiger partial charge >= 0.3 is 29.6 Å². The number of rotatable bonds is 3. The van der Waals surface area contributed by atoms with Gasteiger partial charge in [0.1, 0.15) is 11.9 Å². The van der Waals surface area contributed by atoms with Gasteiger partial charge in [0, 0.05) is 5.69 Å². The van der Waals surface area contributed by atoms with E-state index < -0.39 is 0 Å². The van der Waals surface area contributed by atoms with E-state index in [1.807, 2.05) is 18.2 Å². The molecule has 0 saturated carbocycles. The van der Waals surface area contributed by atoms with Crippen molar-refractivity contribution in [2.24, 2.45) is 0 Å². The molecule has 0 bridgehead atoms. The Hall–Kier alpha value is -0.710. The molecule has 3 nitrogen and oxygen atoms in total. The summed E-state index contributed by atoms with van der Waals surface area (Å²) in [5, 5.41) is 3.01. The fourth-order valence-corrected chi connectivity index (χ4v) is 1.90. The fraction of sp³-hybridized carbons (Fsp3) is 0. The van der Waals surface area contributed by atoms with E-state index in [0.29, 0.717) is 5.69 Å². The third kappa shape index (κ3) is 4.13. The molecule has 0 heterocycles. The van der Waals surface area contributed by atoms with Crippen LogP contribution in [0.15, 0.2) is 48.5 Å². The number of benzene rings is 2. The minimum atomic E-state index is -0.334. The summed E-state index contributed by atoms with van der Waals surface area (Å²) < 4.78 is 4.61. The second-order valence-corrected chi connectivity index (χ2v) is 4.08. The van der Waals surface area contributed by atoms with E-state index in [-0.39, 0.29) is 51.8 Å². The van der Waals surface area contributed by atoms with Crippen molar-refractivity contribution in [1.82, 2.24) is 0 Å². The maximum absolute atomic E-state index is 12.0. The fourth-order valence-electron chi connectivity index (χ4n) is 1.49. The van der Waals surface area contributed by atoms with Crippen LogP contribution in [0.25, 0.3) is 0 Å². The summed E-state index contributed by atoms with van der Waals surface area (Å²) in [6.45, 7) is 0. The molecular weight excluding hydrogens is 296 g/mol. The molecule has 0 aliphatic rings. The predicted molar refractivity (Wildman–Crippen MR) is 79.5 cm³/mol. The Morgan fingerprint density at radius 2 is 1.74 bits per heavy atom. The standard InChI is InChI=1S/C13H9Cl2NO2.Na.H/c14-11-8-4-7-10(12(11)18-15)13(17)16-9-5-2-1-3-6-9;;/h1-8H,(H,16,17);;. The zero-order valence-corrected chi connectivity index (χ0v) is 10.7.